The molecule has 1 fully saturated rings. The zero-order chi connectivity index (χ0) is 19.7. The first kappa shape index (κ1) is 21.0. The Balaban J connectivity index is 0.00000218. The van der Waals surface area contributed by atoms with Crippen LogP contribution in [0.5, 0.6) is 0 Å². The van der Waals surface area contributed by atoms with Crippen LogP contribution in [-0.2, 0) is 23.3 Å². The normalized spacial score (nSPS) is 17.2. The first-order chi connectivity index (χ1) is 14.2. The van der Waals surface area contributed by atoms with Crippen molar-refractivity contribution in [3.8, 4) is 11.4 Å². The average Bonchev–Trinajstić information content (AvgIpc) is 3.42. The lowest BCUT2D eigenvalue weighted by atomic mass is 9.83. The van der Waals surface area contributed by atoms with E-state index in [1.54, 1.807) is 23.6 Å². The molecule has 2 aliphatic rings. The quantitative estimate of drug-likeness (QED) is 0.639. The zero-order valence-electron chi connectivity index (χ0n) is 16.3. The van der Waals surface area contributed by atoms with E-state index in [-0.39, 0.29) is 30.5 Å². The number of hydrogen-bond acceptors (Lipinski definition) is 7. The molecule has 0 unspecified atom stereocenters. The molecule has 1 saturated heterocycles. The molecule has 158 valence electrons. The highest BCUT2D eigenvalue weighted by molar-refractivity contribution is 7.14. The Hall–Kier alpha value is -2.26. The Morgan fingerprint density at radius 1 is 1.23 bits per heavy atom. The van der Waals surface area contributed by atoms with Gasteiger partial charge in [0, 0.05) is 23.6 Å². The molecule has 0 aliphatic carbocycles. The lowest BCUT2D eigenvalue weighted by Gasteiger charge is -2.40. The van der Waals surface area contributed by atoms with Crippen molar-refractivity contribution >= 4 is 29.7 Å². The van der Waals surface area contributed by atoms with Crippen molar-refractivity contribution < 1.29 is 14.1 Å². The van der Waals surface area contributed by atoms with Crippen LogP contribution >= 0.6 is 23.7 Å². The summed E-state index contributed by atoms with van der Waals surface area (Å²) in [7, 11) is 0. The molecule has 3 aromatic rings. The number of aromatic nitrogens is 2. The third kappa shape index (κ3) is 4.00. The van der Waals surface area contributed by atoms with Gasteiger partial charge in [-0.2, -0.15) is 0 Å². The fourth-order valence-corrected chi connectivity index (χ4v) is 5.21. The number of rotatable bonds is 4. The van der Waals surface area contributed by atoms with E-state index in [1.165, 1.54) is 10.4 Å². The van der Waals surface area contributed by atoms with Gasteiger partial charge in [-0.15, -0.1) is 23.7 Å². The van der Waals surface area contributed by atoms with Gasteiger partial charge in [0.1, 0.15) is 5.69 Å². The fraction of sp³-hybridized carbons (Fsp3) is 0.381. The van der Waals surface area contributed by atoms with Crippen LogP contribution in [0.15, 0.2) is 41.1 Å². The topological polar surface area (TPSA) is 89.3 Å². The number of fused-ring (bicyclic) bond motifs is 2. The average molecular weight is 447 g/mol. The second-order valence-corrected chi connectivity index (χ2v) is 8.50. The van der Waals surface area contributed by atoms with Crippen molar-refractivity contribution in [3.63, 3.8) is 0 Å². The first-order valence-corrected chi connectivity index (χ1v) is 10.7. The fourth-order valence-electron chi connectivity index (χ4n) is 4.06. The number of carbonyl (C=O) groups excluding carboxylic acids is 1. The van der Waals surface area contributed by atoms with Gasteiger partial charge in [-0.1, -0.05) is 11.2 Å². The highest BCUT2D eigenvalue weighted by Gasteiger charge is 2.40. The molecule has 1 spiro atoms. The molecule has 1 amide bonds. The summed E-state index contributed by atoms with van der Waals surface area (Å²) in [6.45, 7) is 2.90. The second kappa shape index (κ2) is 8.85. The van der Waals surface area contributed by atoms with Crippen molar-refractivity contribution in [3.05, 3.63) is 57.6 Å². The predicted molar refractivity (Wildman–Crippen MR) is 116 cm³/mol. The largest absolute Gasteiger partial charge is 0.370 e. The summed E-state index contributed by atoms with van der Waals surface area (Å²) in [6.07, 6.45) is 4.49. The van der Waals surface area contributed by atoms with Gasteiger partial charge in [0.15, 0.2) is 5.76 Å². The van der Waals surface area contributed by atoms with Crippen LogP contribution in [0.3, 0.4) is 0 Å². The van der Waals surface area contributed by atoms with Crippen molar-refractivity contribution in [1.29, 1.82) is 0 Å². The Labute approximate surface area is 184 Å². The van der Waals surface area contributed by atoms with Gasteiger partial charge >= 0.3 is 0 Å². The summed E-state index contributed by atoms with van der Waals surface area (Å²) in [5.41, 5.74) is 2.38. The van der Waals surface area contributed by atoms with E-state index in [0.29, 0.717) is 11.5 Å². The molecule has 0 saturated carbocycles. The van der Waals surface area contributed by atoms with Gasteiger partial charge in [0.05, 0.1) is 29.3 Å². The molecule has 0 radical (unpaired) electrons. The zero-order valence-corrected chi connectivity index (χ0v) is 18.0. The Kier molecular flexibility index (Phi) is 6.19. The number of pyridine rings is 1. The number of nitrogens with zero attached hydrogens (tertiary/aromatic N) is 2. The number of carbonyl (C=O) groups is 1. The second-order valence-electron chi connectivity index (χ2n) is 7.37. The molecule has 5 heterocycles. The molecular weight excluding hydrogens is 424 g/mol. The number of amides is 1. The monoisotopic (exact) mass is 446 g/mol. The van der Waals surface area contributed by atoms with E-state index in [0.717, 1.165) is 49.5 Å². The molecule has 2 N–H and O–H groups in total. The Morgan fingerprint density at radius 2 is 2.10 bits per heavy atom. The van der Waals surface area contributed by atoms with Crippen molar-refractivity contribution in [1.82, 2.24) is 20.8 Å². The standard InChI is InChI=1S/C21H22N4O3S.ClH/c26-20(24-13-14-11-17(25-28-14)16-3-1-2-7-23-16)19-12-15-18(29-19)4-10-27-21(15)5-8-22-9-6-21;/h1-3,7,11-12,22H,4-6,8-10,13H2,(H,24,26);1H. The molecule has 0 bridgehead atoms. The molecule has 2 aliphatic heterocycles. The van der Waals surface area contributed by atoms with Crippen LogP contribution in [0.2, 0.25) is 0 Å². The highest BCUT2D eigenvalue weighted by Crippen LogP contribution is 2.43. The van der Waals surface area contributed by atoms with Crippen molar-refractivity contribution in [2.24, 2.45) is 0 Å². The smallest absolute Gasteiger partial charge is 0.261 e. The molecule has 7 nitrogen and oxygen atoms in total. The van der Waals surface area contributed by atoms with Gasteiger partial charge in [0.2, 0.25) is 0 Å². The van der Waals surface area contributed by atoms with Gasteiger partial charge in [0.25, 0.3) is 5.91 Å². The molecule has 30 heavy (non-hydrogen) atoms. The lowest BCUT2D eigenvalue weighted by Crippen LogP contribution is -2.44. The molecule has 0 aromatic carbocycles. The van der Waals surface area contributed by atoms with Gasteiger partial charge in [-0.25, -0.2) is 0 Å². The summed E-state index contributed by atoms with van der Waals surface area (Å²) in [5, 5.41) is 10.4. The summed E-state index contributed by atoms with van der Waals surface area (Å²) in [5.74, 6) is 0.503. The third-order valence-corrected chi connectivity index (χ3v) is 6.75. The number of piperidine rings is 1. The van der Waals surface area contributed by atoms with Gasteiger partial charge < -0.3 is 19.9 Å². The van der Waals surface area contributed by atoms with Crippen molar-refractivity contribution in [2.75, 3.05) is 19.7 Å². The minimum Gasteiger partial charge on any atom is -0.370 e. The van der Waals surface area contributed by atoms with Crippen LogP contribution < -0.4 is 10.6 Å². The number of thiophene rings is 1. The lowest BCUT2D eigenvalue weighted by molar-refractivity contribution is -0.0792. The number of nitrogens with one attached hydrogen (secondary N) is 2. The van der Waals surface area contributed by atoms with Crippen LogP contribution in [0.1, 0.15) is 38.7 Å². The maximum atomic E-state index is 12.8. The molecule has 9 heteroatoms. The molecule has 5 rings (SSSR count). The predicted octanol–water partition coefficient (Wildman–Crippen LogP) is 3.30. The van der Waals surface area contributed by atoms with E-state index in [4.69, 9.17) is 9.26 Å². The molecular formula is C21H23ClN4O3S. The number of halogens is 1. The molecule has 3 aromatic heterocycles. The summed E-state index contributed by atoms with van der Waals surface area (Å²) >= 11 is 1.58. The van der Waals surface area contributed by atoms with Crippen LogP contribution in [0, 0.1) is 0 Å². The van der Waals surface area contributed by atoms with Crippen molar-refractivity contribution in [2.45, 2.75) is 31.4 Å². The summed E-state index contributed by atoms with van der Waals surface area (Å²) in [4.78, 5) is 19.0. The van der Waals surface area contributed by atoms with Gasteiger partial charge in [-0.05, 0) is 49.7 Å². The van der Waals surface area contributed by atoms with Crippen LogP contribution in [0.25, 0.3) is 11.4 Å². The maximum Gasteiger partial charge on any atom is 0.261 e. The van der Waals surface area contributed by atoms with E-state index in [9.17, 15) is 4.79 Å². The minimum atomic E-state index is -0.226. The number of ether oxygens (including phenoxy) is 1. The van der Waals surface area contributed by atoms with Crippen LogP contribution in [0.4, 0.5) is 0 Å². The Morgan fingerprint density at radius 3 is 2.90 bits per heavy atom. The van der Waals surface area contributed by atoms with E-state index in [2.05, 4.69) is 20.8 Å². The number of hydrogen-bond donors (Lipinski definition) is 2. The minimum absolute atomic E-state index is 0. The van der Waals surface area contributed by atoms with E-state index < -0.39 is 0 Å². The van der Waals surface area contributed by atoms with Crippen LogP contribution in [-0.4, -0.2) is 35.7 Å². The summed E-state index contributed by atoms with van der Waals surface area (Å²) in [6, 6.07) is 9.45. The van der Waals surface area contributed by atoms with E-state index in [1.807, 2.05) is 24.3 Å². The third-order valence-electron chi connectivity index (χ3n) is 5.55. The van der Waals surface area contributed by atoms with E-state index >= 15 is 0 Å². The maximum absolute atomic E-state index is 12.8. The van der Waals surface area contributed by atoms with Gasteiger partial charge in [-0.3, -0.25) is 9.78 Å². The highest BCUT2D eigenvalue weighted by atomic mass is 35.5. The summed E-state index contributed by atoms with van der Waals surface area (Å²) < 4.78 is 11.6. The first-order valence-electron chi connectivity index (χ1n) is 9.87. The Bertz CT molecular complexity index is 1010. The molecule has 0 atom stereocenters. The SMILES string of the molecule is Cl.O=C(NCc1cc(-c2ccccn2)no1)c1cc2c(s1)CCOC21CCNCC1.